The molecule has 3 atom stereocenters. The van der Waals surface area contributed by atoms with Crippen LogP contribution in [0.3, 0.4) is 0 Å². The lowest BCUT2D eigenvalue weighted by Gasteiger charge is -2.35. The summed E-state index contributed by atoms with van der Waals surface area (Å²) >= 11 is 0. The molecular weight excluding hydrogens is 388 g/mol. The summed E-state index contributed by atoms with van der Waals surface area (Å²) in [6.07, 6.45) is 0. The Balaban J connectivity index is 1.78. The highest BCUT2D eigenvalue weighted by Gasteiger charge is 2.50. The van der Waals surface area contributed by atoms with E-state index in [9.17, 15) is 4.79 Å². The number of rotatable bonds is 4. The Kier molecular flexibility index (Phi) is 4.27. The van der Waals surface area contributed by atoms with Crippen molar-refractivity contribution in [3.05, 3.63) is 47.5 Å². The number of hydrogen-bond donors (Lipinski definition) is 0. The number of benzene rings is 2. The molecule has 1 aliphatic carbocycles. The number of carbonyl (C=O) groups excluding carboxylic acids is 1. The van der Waals surface area contributed by atoms with Crippen LogP contribution in [0, 0.1) is 11.8 Å². The van der Waals surface area contributed by atoms with Crippen molar-refractivity contribution >= 4 is 11.5 Å². The molecule has 0 aromatic heterocycles. The minimum absolute atomic E-state index is 0.131. The van der Waals surface area contributed by atoms with Crippen molar-refractivity contribution in [2.75, 3.05) is 34.7 Å². The second-order valence-corrected chi connectivity index (χ2v) is 7.48. The lowest BCUT2D eigenvalue weighted by molar-refractivity contribution is -0.141. The lowest BCUT2D eigenvalue weighted by Crippen LogP contribution is -2.31. The van der Waals surface area contributed by atoms with Crippen LogP contribution in [0.1, 0.15) is 22.6 Å². The first-order valence-corrected chi connectivity index (χ1v) is 9.67. The summed E-state index contributed by atoms with van der Waals surface area (Å²) in [6, 6.07) is 7.61. The van der Waals surface area contributed by atoms with Gasteiger partial charge in [-0.2, -0.15) is 0 Å². The van der Waals surface area contributed by atoms with Gasteiger partial charge >= 0.3 is 5.97 Å². The molecule has 0 spiro atoms. The van der Waals surface area contributed by atoms with Gasteiger partial charge in [0.15, 0.2) is 23.0 Å². The van der Waals surface area contributed by atoms with Crippen LogP contribution < -0.4 is 23.7 Å². The fourth-order valence-electron chi connectivity index (χ4n) is 4.84. The van der Waals surface area contributed by atoms with Crippen LogP contribution in [-0.2, 0) is 9.53 Å². The molecule has 0 bridgehead atoms. The molecule has 156 valence electrons. The third-order valence-corrected chi connectivity index (χ3v) is 6.21. The zero-order valence-corrected chi connectivity index (χ0v) is 17.0. The van der Waals surface area contributed by atoms with E-state index in [2.05, 4.69) is 6.58 Å². The van der Waals surface area contributed by atoms with Crippen LogP contribution in [-0.4, -0.2) is 40.7 Å². The standard InChI is InChI=1S/C23H22O7/c1-11-13-7-17-18(30-10-29-17)8-14(13)19(20-15(11)9-28-23(20)24)12-5-6-16(25-2)22(27-4)21(12)26-3/h5-8,15,19-20H,1,9-10H2,2-4H3/t15-,19-,20-/m1/s1. The molecule has 30 heavy (non-hydrogen) atoms. The van der Waals surface area contributed by atoms with Gasteiger partial charge in [-0.15, -0.1) is 0 Å². The van der Waals surface area contributed by atoms with Crippen molar-refractivity contribution in [2.24, 2.45) is 11.8 Å². The van der Waals surface area contributed by atoms with E-state index in [-0.39, 0.29) is 24.6 Å². The van der Waals surface area contributed by atoms with Gasteiger partial charge in [-0.1, -0.05) is 12.6 Å². The summed E-state index contributed by atoms with van der Waals surface area (Å²) in [5.74, 6) is 1.76. The number of cyclic esters (lactones) is 1. The highest BCUT2D eigenvalue weighted by Crippen LogP contribution is 2.56. The Morgan fingerprint density at radius 2 is 1.67 bits per heavy atom. The van der Waals surface area contributed by atoms with Gasteiger partial charge in [0.05, 0.1) is 33.9 Å². The predicted molar refractivity (Wildman–Crippen MR) is 107 cm³/mol. The molecule has 0 radical (unpaired) electrons. The topological polar surface area (TPSA) is 72.5 Å². The van der Waals surface area contributed by atoms with Crippen LogP contribution in [0.25, 0.3) is 5.57 Å². The quantitative estimate of drug-likeness (QED) is 0.716. The molecule has 2 aromatic rings. The van der Waals surface area contributed by atoms with Gasteiger partial charge in [0, 0.05) is 17.4 Å². The third-order valence-electron chi connectivity index (χ3n) is 6.21. The number of methoxy groups -OCH3 is 3. The molecule has 0 unspecified atom stereocenters. The van der Waals surface area contributed by atoms with E-state index in [4.69, 9.17) is 28.4 Å². The average Bonchev–Trinajstić information content (AvgIpc) is 3.38. The zero-order chi connectivity index (χ0) is 21.0. The largest absolute Gasteiger partial charge is 0.493 e. The molecule has 0 saturated carbocycles. The van der Waals surface area contributed by atoms with Crippen molar-refractivity contribution in [3.8, 4) is 28.7 Å². The number of fused-ring (bicyclic) bond motifs is 3. The molecule has 7 nitrogen and oxygen atoms in total. The smallest absolute Gasteiger partial charge is 0.310 e. The molecule has 1 saturated heterocycles. The summed E-state index contributed by atoms with van der Waals surface area (Å²) in [6.45, 7) is 4.76. The van der Waals surface area contributed by atoms with E-state index in [0.717, 1.165) is 22.3 Å². The Labute approximate surface area is 174 Å². The Morgan fingerprint density at radius 1 is 0.933 bits per heavy atom. The molecule has 3 aliphatic rings. The van der Waals surface area contributed by atoms with Crippen molar-refractivity contribution in [1.82, 2.24) is 0 Å². The van der Waals surface area contributed by atoms with Crippen molar-refractivity contribution < 1.29 is 33.2 Å². The van der Waals surface area contributed by atoms with Gasteiger partial charge in [0.1, 0.15) is 0 Å². The summed E-state index contributed by atoms with van der Waals surface area (Å²) in [5.41, 5.74) is 3.56. The maximum atomic E-state index is 12.8. The van der Waals surface area contributed by atoms with Gasteiger partial charge in [-0.05, 0) is 34.9 Å². The third kappa shape index (κ3) is 2.47. The minimum Gasteiger partial charge on any atom is -0.493 e. The van der Waals surface area contributed by atoms with E-state index in [1.165, 1.54) is 0 Å². The second-order valence-electron chi connectivity index (χ2n) is 7.48. The van der Waals surface area contributed by atoms with Gasteiger partial charge in [0.2, 0.25) is 12.5 Å². The first-order valence-electron chi connectivity index (χ1n) is 9.67. The van der Waals surface area contributed by atoms with Crippen LogP contribution >= 0.6 is 0 Å². The molecule has 0 amide bonds. The van der Waals surface area contributed by atoms with E-state index in [1.807, 2.05) is 24.3 Å². The van der Waals surface area contributed by atoms with E-state index in [1.54, 1.807) is 21.3 Å². The van der Waals surface area contributed by atoms with E-state index in [0.29, 0.717) is 35.4 Å². The van der Waals surface area contributed by atoms with Gasteiger partial charge < -0.3 is 28.4 Å². The maximum Gasteiger partial charge on any atom is 0.310 e. The predicted octanol–water partition coefficient (Wildman–Crippen LogP) is 3.39. The number of carbonyl (C=O) groups is 1. The summed E-state index contributed by atoms with van der Waals surface area (Å²) in [4.78, 5) is 12.8. The van der Waals surface area contributed by atoms with Gasteiger partial charge in [-0.25, -0.2) is 0 Å². The second kappa shape index (κ2) is 6.86. The summed E-state index contributed by atoms with van der Waals surface area (Å²) in [5, 5.41) is 0. The Bertz CT molecular complexity index is 1060. The van der Waals surface area contributed by atoms with Crippen LogP contribution in [0.15, 0.2) is 30.8 Å². The van der Waals surface area contributed by atoms with E-state index >= 15 is 0 Å². The van der Waals surface area contributed by atoms with Crippen LogP contribution in [0.5, 0.6) is 28.7 Å². The highest BCUT2D eigenvalue weighted by atomic mass is 16.7. The molecule has 7 heteroatoms. The average molecular weight is 410 g/mol. The first kappa shape index (κ1) is 18.7. The van der Waals surface area contributed by atoms with Crippen molar-refractivity contribution in [1.29, 1.82) is 0 Å². The fraction of sp³-hybridized carbons (Fsp3) is 0.348. The summed E-state index contributed by atoms with van der Waals surface area (Å²) < 4.78 is 33.4. The maximum absolute atomic E-state index is 12.8. The SMILES string of the molecule is C=C1c2cc3c(cc2[C@@H](c2ccc(OC)c(OC)c2OC)[C@@H]2C(=O)OC[C@H]12)OCO3. The molecule has 2 aliphatic heterocycles. The molecule has 2 heterocycles. The van der Waals surface area contributed by atoms with Crippen molar-refractivity contribution in [3.63, 3.8) is 0 Å². The zero-order valence-electron chi connectivity index (χ0n) is 17.0. The number of hydrogen-bond acceptors (Lipinski definition) is 7. The highest BCUT2D eigenvalue weighted by molar-refractivity contribution is 5.87. The van der Waals surface area contributed by atoms with E-state index < -0.39 is 5.92 Å². The Hall–Kier alpha value is -3.35. The first-order chi connectivity index (χ1) is 14.6. The molecular formula is C23H22O7. The Morgan fingerprint density at radius 3 is 2.37 bits per heavy atom. The lowest BCUT2D eigenvalue weighted by atomic mass is 9.65. The monoisotopic (exact) mass is 410 g/mol. The number of ether oxygens (including phenoxy) is 6. The van der Waals surface area contributed by atoms with Crippen LogP contribution in [0.4, 0.5) is 0 Å². The molecule has 5 rings (SSSR count). The van der Waals surface area contributed by atoms with Crippen LogP contribution in [0.2, 0.25) is 0 Å². The van der Waals surface area contributed by atoms with Gasteiger partial charge in [-0.3, -0.25) is 4.79 Å². The molecule has 0 N–H and O–H groups in total. The van der Waals surface area contributed by atoms with Crippen molar-refractivity contribution in [2.45, 2.75) is 5.92 Å². The molecule has 2 aromatic carbocycles. The minimum atomic E-state index is -0.419. The van der Waals surface area contributed by atoms with Gasteiger partial charge in [0.25, 0.3) is 0 Å². The normalized spacial score (nSPS) is 23.5. The molecule has 1 fully saturated rings. The number of esters is 1. The summed E-state index contributed by atoms with van der Waals surface area (Å²) in [7, 11) is 4.71. The fourth-order valence-corrected chi connectivity index (χ4v) is 4.84.